The van der Waals surface area contributed by atoms with Gasteiger partial charge in [-0.25, -0.2) is 4.79 Å². The molecule has 9 nitrogen and oxygen atoms in total. The Morgan fingerprint density at radius 3 is 2.29 bits per heavy atom. The van der Waals surface area contributed by atoms with Crippen LogP contribution in [0.1, 0.15) is 52.9 Å². The highest BCUT2D eigenvalue weighted by Crippen LogP contribution is 2.25. The topological polar surface area (TPSA) is 116 Å². The first-order valence-corrected chi connectivity index (χ1v) is 9.99. The third kappa shape index (κ3) is 5.36. The van der Waals surface area contributed by atoms with E-state index in [-0.39, 0.29) is 18.4 Å². The number of rotatable bonds is 6. The van der Waals surface area contributed by atoms with Crippen LogP contribution >= 0.6 is 0 Å². The van der Waals surface area contributed by atoms with E-state index in [1.54, 1.807) is 0 Å². The standard InChI is InChI=1S/C19H31N3O6/c1-12(2)11-28-19(27)22-10-6-8-15(22)17(24)21-9-5-4-7-14(21)16(23)20-13(3)18(25)26/h12-15H,4-11H2,1-3H3,(H,20,23)(H,25,26)/t13-,14-,15-/m0/s1. The Labute approximate surface area is 165 Å². The van der Waals surface area contributed by atoms with Gasteiger partial charge in [-0.05, 0) is 44.9 Å². The average molecular weight is 397 g/mol. The molecule has 0 aromatic carbocycles. The third-order valence-electron chi connectivity index (χ3n) is 5.13. The number of hydrogen-bond donors (Lipinski definition) is 2. The van der Waals surface area contributed by atoms with E-state index < -0.39 is 36.1 Å². The maximum atomic E-state index is 13.2. The predicted octanol–water partition coefficient (Wildman–Crippen LogP) is 1.21. The van der Waals surface area contributed by atoms with E-state index in [9.17, 15) is 19.2 Å². The summed E-state index contributed by atoms with van der Waals surface area (Å²) in [5.41, 5.74) is 0. The number of likely N-dealkylation sites (tertiary alicyclic amines) is 2. The number of ether oxygens (including phenoxy) is 1. The van der Waals surface area contributed by atoms with Crippen LogP contribution in [0.25, 0.3) is 0 Å². The van der Waals surface area contributed by atoms with Crippen molar-refractivity contribution in [2.75, 3.05) is 19.7 Å². The molecule has 28 heavy (non-hydrogen) atoms. The van der Waals surface area contributed by atoms with Gasteiger partial charge in [0.15, 0.2) is 0 Å². The Bertz CT molecular complexity index is 608. The molecule has 2 aliphatic heterocycles. The number of nitrogens with zero attached hydrogens (tertiary/aromatic N) is 2. The average Bonchev–Trinajstić information content (AvgIpc) is 3.15. The van der Waals surface area contributed by atoms with Gasteiger partial charge in [-0.2, -0.15) is 0 Å². The summed E-state index contributed by atoms with van der Waals surface area (Å²) < 4.78 is 5.28. The van der Waals surface area contributed by atoms with Gasteiger partial charge in [0.05, 0.1) is 6.61 Å². The summed E-state index contributed by atoms with van der Waals surface area (Å²) in [4.78, 5) is 52.1. The van der Waals surface area contributed by atoms with E-state index in [1.165, 1.54) is 16.7 Å². The van der Waals surface area contributed by atoms with Gasteiger partial charge in [0.2, 0.25) is 11.8 Å². The molecule has 0 radical (unpaired) electrons. The number of hydrogen-bond acceptors (Lipinski definition) is 5. The van der Waals surface area contributed by atoms with Crippen molar-refractivity contribution >= 4 is 23.9 Å². The van der Waals surface area contributed by atoms with Crippen molar-refractivity contribution in [3.05, 3.63) is 0 Å². The molecule has 2 N–H and O–H groups in total. The number of carboxylic acid groups (broad SMARTS) is 1. The molecule has 0 aromatic heterocycles. The summed E-state index contributed by atoms with van der Waals surface area (Å²) >= 11 is 0. The normalized spacial score (nSPS) is 23.4. The third-order valence-corrected chi connectivity index (χ3v) is 5.13. The lowest BCUT2D eigenvalue weighted by atomic mass is 9.99. The molecular formula is C19H31N3O6. The van der Waals surface area contributed by atoms with Crippen LogP contribution < -0.4 is 5.32 Å². The fourth-order valence-electron chi connectivity index (χ4n) is 3.59. The Morgan fingerprint density at radius 1 is 1.00 bits per heavy atom. The fraction of sp³-hybridized carbons (Fsp3) is 0.789. The van der Waals surface area contributed by atoms with Crippen molar-refractivity contribution in [2.24, 2.45) is 5.92 Å². The molecule has 0 aliphatic carbocycles. The lowest BCUT2D eigenvalue weighted by Crippen LogP contribution is -2.58. The summed E-state index contributed by atoms with van der Waals surface area (Å²) in [7, 11) is 0. The number of piperidine rings is 1. The largest absolute Gasteiger partial charge is 0.480 e. The molecule has 158 valence electrons. The smallest absolute Gasteiger partial charge is 0.410 e. The van der Waals surface area contributed by atoms with Crippen LogP contribution in [-0.2, 0) is 19.1 Å². The second-order valence-corrected chi connectivity index (χ2v) is 7.93. The summed E-state index contributed by atoms with van der Waals surface area (Å²) in [6.07, 6.45) is 2.78. The Kier molecular flexibility index (Phi) is 7.65. The molecular weight excluding hydrogens is 366 g/mol. The Hall–Kier alpha value is -2.32. The highest BCUT2D eigenvalue weighted by molar-refractivity contribution is 5.93. The van der Waals surface area contributed by atoms with E-state index in [0.717, 1.165) is 12.8 Å². The van der Waals surface area contributed by atoms with Crippen LogP contribution in [-0.4, -0.2) is 76.6 Å². The van der Waals surface area contributed by atoms with E-state index in [0.29, 0.717) is 32.4 Å². The zero-order chi connectivity index (χ0) is 20.8. The van der Waals surface area contributed by atoms with E-state index in [2.05, 4.69) is 5.32 Å². The number of carbonyl (C=O) groups is 4. The quantitative estimate of drug-likeness (QED) is 0.696. The van der Waals surface area contributed by atoms with Crippen LogP contribution in [0.5, 0.6) is 0 Å². The Morgan fingerprint density at radius 2 is 1.64 bits per heavy atom. The summed E-state index contributed by atoms with van der Waals surface area (Å²) in [5.74, 6) is -1.65. The van der Waals surface area contributed by atoms with Gasteiger partial charge >= 0.3 is 12.1 Å². The van der Waals surface area contributed by atoms with Gasteiger partial charge in [0, 0.05) is 13.1 Å². The van der Waals surface area contributed by atoms with Crippen molar-refractivity contribution in [2.45, 2.75) is 71.0 Å². The molecule has 2 fully saturated rings. The van der Waals surface area contributed by atoms with Crippen molar-refractivity contribution in [3.63, 3.8) is 0 Å². The number of aliphatic carboxylic acids is 1. The van der Waals surface area contributed by atoms with E-state index in [4.69, 9.17) is 9.84 Å². The molecule has 0 spiro atoms. The van der Waals surface area contributed by atoms with Gasteiger partial charge in [0.25, 0.3) is 0 Å². The molecule has 3 amide bonds. The first kappa shape index (κ1) is 22.0. The first-order valence-electron chi connectivity index (χ1n) is 9.99. The minimum absolute atomic E-state index is 0.201. The van der Waals surface area contributed by atoms with Gasteiger partial charge < -0.3 is 20.1 Å². The highest BCUT2D eigenvalue weighted by Gasteiger charge is 2.42. The van der Waals surface area contributed by atoms with E-state index >= 15 is 0 Å². The molecule has 0 aromatic rings. The predicted molar refractivity (Wildman–Crippen MR) is 101 cm³/mol. The maximum absolute atomic E-state index is 13.2. The van der Waals surface area contributed by atoms with E-state index in [1.807, 2.05) is 13.8 Å². The lowest BCUT2D eigenvalue weighted by Gasteiger charge is -2.38. The monoisotopic (exact) mass is 397 g/mol. The first-order chi connectivity index (χ1) is 13.2. The zero-order valence-corrected chi connectivity index (χ0v) is 16.8. The Balaban J connectivity index is 2.07. The summed E-state index contributed by atoms with van der Waals surface area (Å²) in [6, 6.07) is -2.37. The van der Waals surface area contributed by atoms with Crippen LogP contribution in [0.2, 0.25) is 0 Å². The van der Waals surface area contributed by atoms with Gasteiger partial charge in [-0.3, -0.25) is 19.3 Å². The number of nitrogens with one attached hydrogen (secondary N) is 1. The lowest BCUT2D eigenvalue weighted by molar-refractivity contribution is -0.147. The molecule has 9 heteroatoms. The SMILES string of the molecule is CC(C)COC(=O)N1CCC[C@H]1C(=O)N1CCCC[C@H]1C(=O)N[C@@H](C)C(=O)O. The molecule has 0 saturated carbocycles. The number of amides is 3. The van der Waals surface area contributed by atoms with Gasteiger partial charge in [-0.15, -0.1) is 0 Å². The van der Waals surface area contributed by atoms with Crippen molar-refractivity contribution in [1.29, 1.82) is 0 Å². The van der Waals surface area contributed by atoms with Gasteiger partial charge in [0.1, 0.15) is 18.1 Å². The zero-order valence-electron chi connectivity index (χ0n) is 16.8. The second kappa shape index (κ2) is 9.75. The minimum Gasteiger partial charge on any atom is -0.480 e. The van der Waals surface area contributed by atoms with Crippen LogP contribution in [0, 0.1) is 5.92 Å². The second-order valence-electron chi connectivity index (χ2n) is 7.93. The highest BCUT2D eigenvalue weighted by atomic mass is 16.6. The summed E-state index contributed by atoms with van der Waals surface area (Å²) in [5, 5.41) is 11.5. The molecule has 2 saturated heterocycles. The molecule has 0 bridgehead atoms. The molecule has 0 unspecified atom stereocenters. The summed E-state index contributed by atoms with van der Waals surface area (Å²) in [6.45, 7) is 6.43. The molecule has 2 aliphatic rings. The van der Waals surface area contributed by atoms with Gasteiger partial charge in [-0.1, -0.05) is 13.8 Å². The molecule has 2 rings (SSSR count). The van der Waals surface area contributed by atoms with Crippen LogP contribution in [0.4, 0.5) is 4.79 Å². The maximum Gasteiger partial charge on any atom is 0.410 e. The fourth-order valence-corrected chi connectivity index (χ4v) is 3.59. The number of carbonyl (C=O) groups excluding carboxylic acids is 3. The van der Waals surface area contributed by atoms with Crippen molar-refractivity contribution in [3.8, 4) is 0 Å². The number of carboxylic acids is 1. The van der Waals surface area contributed by atoms with Crippen molar-refractivity contribution in [1.82, 2.24) is 15.1 Å². The van der Waals surface area contributed by atoms with Crippen LogP contribution in [0.15, 0.2) is 0 Å². The molecule has 3 atom stereocenters. The van der Waals surface area contributed by atoms with Crippen molar-refractivity contribution < 1.29 is 29.0 Å². The van der Waals surface area contributed by atoms with Crippen LogP contribution in [0.3, 0.4) is 0 Å². The molecule has 2 heterocycles. The minimum atomic E-state index is -1.13.